The molecular weight excluding hydrogens is 204 g/mol. The topological polar surface area (TPSA) is 50.1 Å². The van der Waals surface area contributed by atoms with E-state index in [-0.39, 0.29) is 16.9 Å². The fourth-order valence-corrected chi connectivity index (χ4v) is 1.12. The van der Waals surface area contributed by atoms with Gasteiger partial charge in [0.05, 0.1) is 11.6 Å². The maximum absolute atomic E-state index is 11.9. The molecular formula is C10H7F2NO2. The molecule has 0 atom stereocenters. The predicted octanol–water partition coefficient (Wildman–Crippen LogP) is 2.28. The molecule has 0 bridgehead atoms. The van der Waals surface area contributed by atoms with Crippen molar-refractivity contribution in [1.82, 2.24) is 0 Å². The van der Waals surface area contributed by atoms with E-state index in [1.54, 1.807) is 13.0 Å². The van der Waals surface area contributed by atoms with Gasteiger partial charge in [-0.2, -0.15) is 14.0 Å². The van der Waals surface area contributed by atoms with Gasteiger partial charge in [-0.15, -0.1) is 0 Å². The quantitative estimate of drug-likeness (QED) is 0.720. The second kappa shape index (κ2) is 4.51. The van der Waals surface area contributed by atoms with Crippen molar-refractivity contribution in [2.45, 2.75) is 13.5 Å². The number of carbonyl (C=O) groups excluding carboxylic acids is 1. The molecule has 1 aromatic carbocycles. The van der Waals surface area contributed by atoms with Crippen LogP contribution in [-0.2, 0) is 0 Å². The van der Waals surface area contributed by atoms with Crippen molar-refractivity contribution in [3.05, 3.63) is 28.8 Å². The Kier molecular flexibility index (Phi) is 3.34. The molecule has 0 heterocycles. The molecule has 15 heavy (non-hydrogen) atoms. The highest BCUT2D eigenvalue weighted by Crippen LogP contribution is 2.22. The summed E-state index contributed by atoms with van der Waals surface area (Å²) in [6.07, 6.45) is 0.495. The highest BCUT2D eigenvalue weighted by molar-refractivity contribution is 5.79. The first-order valence-electron chi connectivity index (χ1n) is 4.03. The highest BCUT2D eigenvalue weighted by atomic mass is 19.3. The van der Waals surface area contributed by atoms with Crippen molar-refractivity contribution in [2.24, 2.45) is 0 Å². The number of benzene rings is 1. The Bertz CT molecular complexity index is 424. The smallest absolute Gasteiger partial charge is 0.387 e. The first-order valence-corrected chi connectivity index (χ1v) is 4.03. The minimum absolute atomic E-state index is 0.148. The fourth-order valence-electron chi connectivity index (χ4n) is 1.12. The first-order chi connectivity index (χ1) is 7.08. The molecule has 0 unspecified atom stereocenters. The van der Waals surface area contributed by atoms with Gasteiger partial charge in [-0.1, -0.05) is 0 Å². The van der Waals surface area contributed by atoms with E-state index in [1.165, 1.54) is 12.1 Å². The molecule has 5 heteroatoms. The van der Waals surface area contributed by atoms with E-state index in [0.29, 0.717) is 11.8 Å². The molecule has 0 N–H and O–H groups in total. The molecule has 0 aliphatic carbocycles. The SMILES string of the molecule is Cc1c(C#N)cc(OC(F)F)cc1C=O. The van der Waals surface area contributed by atoms with Crippen molar-refractivity contribution in [3.8, 4) is 11.8 Å². The predicted molar refractivity (Wildman–Crippen MR) is 47.9 cm³/mol. The van der Waals surface area contributed by atoms with Crippen molar-refractivity contribution >= 4 is 6.29 Å². The third kappa shape index (κ3) is 2.50. The van der Waals surface area contributed by atoms with Gasteiger partial charge < -0.3 is 4.74 Å². The van der Waals surface area contributed by atoms with Crippen LogP contribution in [0.1, 0.15) is 21.5 Å². The number of carbonyl (C=O) groups is 1. The lowest BCUT2D eigenvalue weighted by atomic mass is 10.0. The number of alkyl halides is 2. The van der Waals surface area contributed by atoms with E-state index in [2.05, 4.69) is 4.74 Å². The van der Waals surface area contributed by atoms with E-state index in [1.807, 2.05) is 0 Å². The lowest BCUT2D eigenvalue weighted by Gasteiger charge is -2.07. The molecule has 1 rings (SSSR count). The number of halogens is 2. The largest absolute Gasteiger partial charge is 0.435 e. The second-order valence-electron chi connectivity index (χ2n) is 2.79. The van der Waals surface area contributed by atoms with Crippen molar-refractivity contribution in [2.75, 3.05) is 0 Å². The molecule has 0 aromatic heterocycles. The summed E-state index contributed by atoms with van der Waals surface area (Å²) in [6, 6.07) is 4.15. The lowest BCUT2D eigenvalue weighted by Crippen LogP contribution is -2.03. The Morgan fingerprint density at radius 3 is 2.67 bits per heavy atom. The minimum atomic E-state index is -2.97. The third-order valence-electron chi connectivity index (χ3n) is 1.89. The van der Waals surface area contributed by atoms with Crippen molar-refractivity contribution < 1.29 is 18.3 Å². The lowest BCUT2D eigenvalue weighted by molar-refractivity contribution is -0.0498. The van der Waals surface area contributed by atoms with E-state index in [4.69, 9.17) is 5.26 Å². The summed E-state index contributed by atoms with van der Waals surface area (Å²) in [7, 11) is 0. The molecule has 78 valence electrons. The molecule has 0 saturated heterocycles. The molecule has 0 fully saturated rings. The Hall–Kier alpha value is -1.96. The zero-order valence-corrected chi connectivity index (χ0v) is 7.83. The number of hydrogen-bond acceptors (Lipinski definition) is 3. The molecule has 3 nitrogen and oxygen atoms in total. The zero-order valence-electron chi connectivity index (χ0n) is 7.83. The van der Waals surface area contributed by atoms with Gasteiger partial charge in [-0.05, 0) is 24.6 Å². The van der Waals surface area contributed by atoms with Crippen LogP contribution in [0.2, 0.25) is 0 Å². The molecule has 0 saturated carbocycles. The van der Waals surface area contributed by atoms with Crippen LogP contribution in [0.25, 0.3) is 0 Å². The summed E-state index contributed by atoms with van der Waals surface area (Å²) in [5, 5.41) is 8.69. The molecule has 0 spiro atoms. The maximum atomic E-state index is 11.9. The van der Waals surface area contributed by atoms with Crippen molar-refractivity contribution in [3.63, 3.8) is 0 Å². The normalized spacial score (nSPS) is 9.80. The minimum Gasteiger partial charge on any atom is -0.435 e. The number of hydrogen-bond donors (Lipinski definition) is 0. The van der Waals surface area contributed by atoms with Crippen LogP contribution < -0.4 is 4.74 Å². The van der Waals surface area contributed by atoms with Crippen LogP contribution in [-0.4, -0.2) is 12.9 Å². The number of ether oxygens (including phenoxy) is 1. The summed E-state index contributed by atoms with van der Waals surface area (Å²) >= 11 is 0. The van der Waals surface area contributed by atoms with Crippen LogP contribution in [0.4, 0.5) is 8.78 Å². The number of aldehydes is 1. The summed E-state index contributed by atoms with van der Waals surface area (Å²) in [4.78, 5) is 10.6. The van der Waals surface area contributed by atoms with Gasteiger partial charge in [0.2, 0.25) is 0 Å². The second-order valence-corrected chi connectivity index (χ2v) is 2.79. The fraction of sp³-hybridized carbons (Fsp3) is 0.200. The molecule has 0 radical (unpaired) electrons. The number of nitriles is 1. The Morgan fingerprint density at radius 1 is 1.53 bits per heavy atom. The average Bonchev–Trinajstić information content (AvgIpc) is 2.19. The van der Waals surface area contributed by atoms with Crippen LogP contribution in [0.3, 0.4) is 0 Å². The molecule has 1 aromatic rings. The standard InChI is InChI=1S/C10H7F2NO2/c1-6-7(4-13)2-9(15-10(11)12)3-8(6)5-14/h2-3,5,10H,1H3. The van der Waals surface area contributed by atoms with E-state index in [9.17, 15) is 13.6 Å². The van der Waals surface area contributed by atoms with Crippen LogP contribution in [0.15, 0.2) is 12.1 Å². The summed E-state index contributed by atoms with van der Waals surface area (Å²) < 4.78 is 27.9. The Balaban J connectivity index is 3.22. The van der Waals surface area contributed by atoms with Gasteiger partial charge in [0.1, 0.15) is 12.0 Å². The molecule has 0 aliphatic rings. The Labute approximate surface area is 84.9 Å². The van der Waals surface area contributed by atoms with Gasteiger partial charge >= 0.3 is 6.61 Å². The van der Waals surface area contributed by atoms with Gasteiger partial charge in [-0.25, -0.2) is 0 Å². The highest BCUT2D eigenvalue weighted by Gasteiger charge is 2.10. The van der Waals surface area contributed by atoms with E-state index >= 15 is 0 Å². The van der Waals surface area contributed by atoms with Crippen LogP contribution in [0.5, 0.6) is 5.75 Å². The summed E-state index contributed by atoms with van der Waals surface area (Å²) in [6.45, 7) is -1.41. The van der Waals surface area contributed by atoms with Crippen LogP contribution >= 0.6 is 0 Å². The van der Waals surface area contributed by atoms with E-state index in [0.717, 1.165) is 0 Å². The van der Waals surface area contributed by atoms with Gasteiger partial charge in [0.25, 0.3) is 0 Å². The van der Waals surface area contributed by atoms with Crippen molar-refractivity contribution in [1.29, 1.82) is 5.26 Å². The maximum Gasteiger partial charge on any atom is 0.387 e. The van der Waals surface area contributed by atoms with Crippen LogP contribution in [0, 0.1) is 18.3 Å². The van der Waals surface area contributed by atoms with Gasteiger partial charge in [-0.3, -0.25) is 4.79 Å². The molecule has 0 aliphatic heterocycles. The summed E-state index contributed by atoms with van der Waals surface area (Å²) in [5.41, 5.74) is 0.772. The summed E-state index contributed by atoms with van der Waals surface area (Å²) in [5.74, 6) is -0.186. The number of nitrogens with zero attached hydrogens (tertiary/aromatic N) is 1. The van der Waals surface area contributed by atoms with E-state index < -0.39 is 6.61 Å². The first kappa shape index (κ1) is 11.1. The third-order valence-corrected chi connectivity index (χ3v) is 1.89. The number of rotatable bonds is 3. The monoisotopic (exact) mass is 211 g/mol. The van der Waals surface area contributed by atoms with Gasteiger partial charge in [0.15, 0.2) is 0 Å². The zero-order chi connectivity index (χ0) is 11.4. The van der Waals surface area contributed by atoms with Gasteiger partial charge in [0, 0.05) is 5.56 Å². The average molecular weight is 211 g/mol. The Morgan fingerprint density at radius 2 is 2.20 bits per heavy atom. The molecule has 0 amide bonds.